The first-order valence-electron chi connectivity index (χ1n) is 10.9. The Bertz CT molecular complexity index is 1090. The fourth-order valence-corrected chi connectivity index (χ4v) is 5.12. The zero-order valence-electron chi connectivity index (χ0n) is 17.5. The van der Waals surface area contributed by atoms with E-state index in [9.17, 15) is 10.2 Å². The van der Waals surface area contributed by atoms with E-state index in [-0.39, 0.29) is 5.41 Å². The summed E-state index contributed by atoms with van der Waals surface area (Å²) in [6.07, 6.45) is 3.89. The molecule has 0 aliphatic heterocycles. The third-order valence-corrected chi connectivity index (χ3v) is 6.73. The molecule has 0 aromatic heterocycles. The number of phenols is 2. The first-order valence-corrected chi connectivity index (χ1v) is 10.9. The van der Waals surface area contributed by atoms with Gasteiger partial charge in [0.1, 0.15) is 11.5 Å². The van der Waals surface area contributed by atoms with Gasteiger partial charge in [-0.3, -0.25) is 0 Å². The van der Waals surface area contributed by atoms with Crippen LogP contribution in [0, 0.1) is 0 Å². The van der Waals surface area contributed by atoms with Crippen LogP contribution in [0.5, 0.6) is 11.5 Å². The number of fused-ring (bicyclic) bond motifs is 3. The van der Waals surface area contributed by atoms with Crippen LogP contribution in [0.3, 0.4) is 0 Å². The van der Waals surface area contributed by atoms with Gasteiger partial charge in [-0.25, -0.2) is 0 Å². The lowest BCUT2D eigenvalue weighted by Gasteiger charge is -2.33. The van der Waals surface area contributed by atoms with Crippen LogP contribution in [0.25, 0.3) is 11.1 Å². The normalized spacial score (nSPS) is 13.5. The molecule has 0 radical (unpaired) electrons. The minimum Gasteiger partial charge on any atom is -0.508 e. The van der Waals surface area contributed by atoms with E-state index in [1.165, 1.54) is 33.4 Å². The summed E-state index contributed by atoms with van der Waals surface area (Å²) in [6.45, 7) is 0. The van der Waals surface area contributed by atoms with Gasteiger partial charge in [-0.05, 0) is 83.3 Å². The Hall–Kier alpha value is -3.52. The first kappa shape index (κ1) is 19.4. The summed E-state index contributed by atoms with van der Waals surface area (Å²) in [5, 5.41) is 19.3. The van der Waals surface area contributed by atoms with Crippen molar-refractivity contribution in [2.75, 3.05) is 0 Å². The molecule has 1 aliphatic carbocycles. The van der Waals surface area contributed by atoms with Crippen LogP contribution in [0.1, 0.15) is 35.1 Å². The predicted molar refractivity (Wildman–Crippen MR) is 126 cm³/mol. The van der Waals surface area contributed by atoms with Gasteiger partial charge in [0, 0.05) is 5.41 Å². The van der Waals surface area contributed by atoms with E-state index in [4.69, 9.17) is 0 Å². The van der Waals surface area contributed by atoms with Gasteiger partial charge in [0.2, 0.25) is 0 Å². The average Bonchev–Trinajstić information content (AvgIpc) is 3.09. The second-order valence-corrected chi connectivity index (χ2v) is 8.51. The van der Waals surface area contributed by atoms with E-state index < -0.39 is 0 Å². The molecule has 0 fully saturated rings. The molecule has 4 aromatic rings. The summed E-state index contributed by atoms with van der Waals surface area (Å²) in [7, 11) is 0. The Morgan fingerprint density at radius 2 is 0.871 bits per heavy atom. The lowest BCUT2D eigenvalue weighted by Crippen LogP contribution is -2.27. The highest BCUT2D eigenvalue weighted by Gasteiger charge is 2.42. The van der Waals surface area contributed by atoms with E-state index >= 15 is 0 Å². The Kier molecular flexibility index (Phi) is 4.99. The van der Waals surface area contributed by atoms with Crippen LogP contribution < -0.4 is 0 Å². The lowest BCUT2D eigenvalue weighted by molar-refractivity contribution is 0.445. The monoisotopic (exact) mass is 406 g/mol. The molecule has 5 rings (SSSR count). The molecule has 2 nitrogen and oxygen atoms in total. The molecule has 2 heteroatoms. The van der Waals surface area contributed by atoms with Crippen molar-refractivity contribution in [3.63, 3.8) is 0 Å². The van der Waals surface area contributed by atoms with E-state index in [1.54, 1.807) is 24.3 Å². The molecule has 2 N–H and O–H groups in total. The molecule has 154 valence electrons. The third kappa shape index (κ3) is 3.59. The maximum atomic E-state index is 9.66. The maximum Gasteiger partial charge on any atom is 0.115 e. The number of hydrogen-bond acceptors (Lipinski definition) is 2. The fourth-order valence-electron chi connectivity index (χ4n) is 5.12. The first-order chi connectivity index (χ1) is 15.2. The summed E-state index contributed by atoms with van der Waals surface area (Å²) in [4.78, 5) is 0. The molecule has 0 atom stereocenters. The number of hydrogen-bond donors (Lipinski definition) is 2. The van der Waals surface area contributed by atoms with Crippen LogP contribution in [-0.2, 0) is 18.3 Å². The second-order valence-electron chi connectivity index (χ2n) is 8.51. The van der Waals surface area contributed by atoms with Crippen LogP contribution in [0.15, 0.2) is 97.1 Å². The molecular weight excluding hydrogens is 380 g/mol. The molecular formula is C29H26O2. The van der Waals surface area contributed by atoms with Crippen LogP contribution in [0.4, 0.5) is 0 Å². The Balaban J connectivity index is 1.55. The standard InChI is InChI=1S/C29H26O2/c30-23-13-9-21(10-14-23)17-19-29(20-18-22-11-15-24(31)16-12-22)27-7-3-1-5-25(27)26-6-2-4-8-28(26)29/h1-16,30-31H,17-20H2. The lowest BCUT2D eigenvalue weighted by atomic mass is 9.70. The van der Waals surface area contributed by atoms with Gasteiger partial charge in [0.25, 0.3) is 0 Å². The van der Waals surface area contributed by atoms with Crippen LogP contribution >= 0.6 is 0 Å². The predicted octanol–water partition coefficient (Wildman–Crippen LogP) is 6.63. The fraction of sp³-hybridized carbons (Fsp3) is 0.172. The van der Waals surface area contributed by atoms with Crippen molar-refractivity contribution in [1.82, 2.24) is 0 Å². The summed E-state index contributed by atoms with van der Waals surface area (Å²) in [6, 6.07) is 32.8. The van der Waals surface area contributed by atoms with Crippen molar-refractivity contribution >= 4 is 0 Å². The topological polar surface area (TPSA) is 40.5 Å². The number of benzene rings is 4. The van der Waals surface area contributed by atoms with Crippen LogP contribution in [0.2, 0.25) is 0 Å². The molecule has 0 unspecified atom stereocenters. The van der Waals surface area contributed by atoms with Gasteiger partial charge >= 0.3 is 0 Å². The molecule has 0 amide bonds. The highest BCUT2D eigenvalue weighted by molar-refractivity contribution is 5.81. The SMILES string of the molecule is Oc1ccc(CCC2(CCc3ccc(O)cc3)c3ccccc3-c3ccccc32)cc1. The van der Waals surface area contributed by atoms with E-state index in [1.807, 2.05) is 24.3 Å². The zero-order valence-corrected chi connectivity index (χ0v) is 17.5. The van der Waals surface area contributed by atoms with E-state index in [0.717, 1.165) is 25.7 Å². The molecule has 0 spiro atoms. The number of aryl methyl sites for hydroxylation is 2. The molecule has 0 heterocycles. The summed E-state index contributed by atoms with van der Waals surface area (Å²) in [5.74, 6) is 0.615. The Morgan fingerprint density at radius 3 is 1.29 bits per heavy atom. The van der Waals surface area contributed by atoms with Crippen molar-refractivity contribution in [2.45, 2.75) is 31.1 Å². The van der Waals surface area contributed by atoms with E-state index in [0.29, 0.717) is 11.5 Å². The highest BCUT2D eigenvalue weighted by Crippen LogP contribution is 2.53. The van der Waals surface area contributed by atoms with Gasteiger partial charge < -0.3 is 10.2 Å². The van der Waals surface area contributed by atoms with E-state index in [2.05, 4.69) is 48.5 Å². The molecule has 1 aliphatic rings. The van der Waals surface area contributed by atoms with Crippen molar-refractivity contribution in [2.24, 2.45) is 0 Å². The molecule has 31 heavy (non-hydrogen) atoms. The molecule has 4 aromatic carbocycles. The van der Waals surface area contributed by atoms with Crippen molar-refractivity contribution in [3.05, 3.63) is 119 Å². The van der Waals surface area contributed by atoms with Crippen molar-refractivity contribution in [1.29, 1.82) is 0 Å². The maximum absolute atomic E-state index is 9.66. The highest BCUT2D eigenvalue weighted by atomic mass is 16.3. The summed E-state index contributed by atoms with van der Waals surface area (Å²) in [5.41, 5.74) is 7.92. The van der Waals surface area contributed by atoms with Gasteiger partial charge in [-0.15, -0.1) is 0 Å². The minimum atomic E-state index is -0.0665. The largest absolute Gasteiger partial charge is 0.508 e. The summed E-state index contributed by atoms with van der Waals surface area (Å²) >= 11 is 0. The number of rotatable bonds is 6. The quantitative estimate of drug-likeness (QED) is 0.377. The van der Waals surface area contributed by atoms with Crippen molar-refractivity contribution in [3.8, 4) is 22.6 Å². The van der Waals surface area contributed by atoms with Crippen molar-refractivity contribution < 1.29 is 10.2 Å². The molecule has 0 saturated carbocycles. The zero-order chi connectivity index (χ0) is 21.3. The smallest absolute Gasteiger partial charge is 0.115 e. The number of phenolic OH excluding ortho intramolecular Hbond substituents is 2. The molecule has 0 saturated heterocycles. The molecule has 0 bridgehead atoms. The van der Waals surface area contributed by atoms with Gasteiger partial charge in [0.05, 0.1) is 0 Å². The van der Waals surface area contributed by atoms with Gasteiger partial charge in [-0.1, -0.05) is 72.8 Å². The van der Waals surface area contributed by atoms with Gasteiger partial charge in [-0.2, -0.15) is 0 Å². The average molecular weight is 407 g/mol. The minimum absolute atomic E-state index is 0.0665. The van der Waals surface area contributed by atoms with Crippen LogP contribution in [-0.4, -0.2) is 10.2 Å². The summed E-state index contributed by atoms with van der Waals surface area (Å²) < 4.78 is 0. The Morgan fingerprint density at radius 1 is 0.484 bits per heavy atom. The third-order valence-electron chi connectivity index (χ3n) is 6.73. The number of aromatic hydroxyl groups is 2. The van der Waals surface area contributed by atoms with Gasteiger partial charge in [0.15, 0.2) is 0 Å². The second kappa shape index (κ2) is 7.96. The Labute approximate surface area is 183 Å².